The van der Waals surface area contributed by atoms with Crippen LogP contribution in [0.4, 0.5) is 10.5 Å². The van der Waals surface area contributed by atoms with Crippen LogP contribution in [0.5, 0.6) is 0 Å². The summed E-state index contributed by atoms with van der Waals surface area (Å²) >= 11 is 12.5. The van der Waals surface area contributed by atoms with Crippen LogP contribution in [0, 0.1) is 0 Å². The second kappa shape index (κ2) is 8.38. The molecule has 2 heterocycles. The van der Waals surface area contributed by atoms with Crippen LogP contribution in [0.15, 0.2) is 48.8 Å². The summed E-state index contributed by atoms with van der Waals surface area (Å²) in [5.41, 5.74) is 3.42. The fourth-order valence-corrected chi connectivity index (χ4v) is 4.05. The maximum Gasteiger partial charge on any atom is 0.337 e. The van der Waals surface area contributed by atoms with E-state index in [1.165, 1.54) is 7.11 Å². The Morgan fingerprint density at radius 2 is 1.97 bits per heavy atom. The highest BCUT2D eigenvalue weighted by atomic mass is 35.5. The highest BCUT2D eigenvalue weighted by Crippen LogP contribution is 2.38. The first kappa shape index (κ1) is 20.3. The third kappa shape index (κ3) is 3.86. The lowest BCUT2D eigenvalue weighted by Crippen LogP contribution is -2.43. The van der Waals surface area contributed by atoms with E-state index in [0.717, 1.165) is 17.0 Å². The zero-order chi connectivity index (χ0) is 21.3. The molecule has 2 aromatic carbocycles. The van der Waals surface area contributed by atoms with Crippen LogP contribution in [-0.2, 0) is 11.2 Å². The second-order valence-electron chi connectivity index (χ2n) is 6.78. The van der Waals surface area contributed by atoms with Gasteiger partial charge in [-0.15, -0.1) is 0 Å². The van der Waals surface area contributed by atoms with Gasteiger partial charge in [0.25, 0.3) is 0 Å². The van der Waals surface area contributed by atoms with Crippen LogP contribution in [-0.4, -0.2) is 40.5 Å². The Hall–Kier alpha value is -3.03. The van der Waals surface area contributed by atoms with E-state index in [-0.39, 0.29) is 6.03 Å². The molecule has 7 nitrogen and oxygen atoms in total. The number of nitrogens with zero attached hydrogens (tertiary/aromatic N) is 2. The van der Waals surface area contributed by atoms with Gasteiger partial charge in [0.05, 0.1) is 24.7 Å². The van der Waals surface area contributed by atoms with Crippen molar-refractivity contribution in [2.75, 3.05) is 19.0 Å². The normalized spacial score (nSPS) is 15.4. The zero-order valence-electron chi connectivity index (χ0n) is 16.0. The number of urea groups is 1. The molecule has 3 aromatic rings. The van der Waals surface area contributed by atoms with Crippen LogP contribution >= 0.6 is 23.2 Å². The average Bonchev–Trinajstić information content (AvgIpc) is 3.22. The van der Waals surface area contributed by atoms with E-state index in [0.29, 0.717) is 34.3 Å². The molecule has 0 spiro atoms. The van der Waals surface area contributed by atoms with E-state index in [1.54, 1.807) is 47.6 Å². The number of fused-ring (bicyclic) bond motifs is 1. The van der Waals surface area contributed by atoms with E-state index in [2.05, 4.69) is 15.3 Å². The first-order valence-corrected chi connectivity index (χ1v) is 9.96. The number of anilines is 1. The summed E-state index contributed by atoms with van der Waals surface area (Å²) in [5, 5.41) is 3.86. The third-order valence-corrected chi connectivity index (χ3v) is 5.56. The molecule has 4 rings (SSSR count). The summed E-state index contributed by atoms with van der Waals surface area (Å²) in [6.45, 7) is 0.477. The summed E-state index contributed by atoms with van der Waals surface area (Å²) in [5.74, 6) is -0.438. The van der Waals surface area contributed by atoms with Crippen molar-refractivity contribution in [3.8, 4) is 0 Å². The van der Waals surface area contributed by atoms with Crippen LogP contribution in [0.3, 0.4) is 0 Å². The molecule has 0 unspecified atom stereocenters. The zero-order valence-corrected chi connectivity index (χ0v) is 17.5. The summed E-state index contributed by atoms with van der Waals surface area (Å²) in [6, 6.07) is 10.9. The molecule has 2 N–H and O–H groups in total. The lowest BCUT2D eigenvalue weighted by atomic mass is 9.96. The maximum absolute atomic E-state index is 13.2. The van der Waals surface area contributed by atoms with Gasteiger partial charge in [-0.25, -0.2) is 14.6 Å². The van der Waals surface area contributed by atoms with Gasteiger partial charge in [0.15, 0.2) is 0 Å². The Morgan fingerprint density at radius 3 is 2.67 bits per heavy atom. The van der Waals surface area contributed by atoms with Gasteiger partial charge in [-0.2, -0.15) is 0 Å². The summed E-state index contributed by atoms with van der Waals surface area (Å²) in [4.78, 5) is 34.0. The summed E-state index contributed by atoms with van der Waals surface area (Å²) in [7, 11) is 1.32. The number of rotatable bonds is 3. The van der Waals surface area contributed by atoms with Crippen molar-refractivity contribution in [1.29, 1.82) is 0 Å². The Morgan fingerprint density at radius 1 is 1.20 bits per heavy atom. The van der Waals surface area contributed by atoms with Crippen molar-refractivity contribution in [3.63, 3.8) is 0 Å². The predicted octanol–water partition coefficient (Wildman–Crippen LogP) is 4.68. The lowest BCUT2D eigenvalue weighted by molar-refractivity contribution is 0.0600. The fourth-order valence-electron chi connectivity index (χ4n) is 3.54. The highest BCUT2D eigenvalue weighted by molar-refractivity contribution is 6.35. The van der Waals surface area contributed by atoms with E-state index >= 15 is 0 Å². The molecule has 0 saturated heterocycles. The molecule has 9 heteroatoms. The first-order valence-electron chi connectivity index (χ1n) is 9.21. The third-order valence-electron chi connectivity index (χ3n) is 5.00. The van der Waals surface area contributed by atoms with E-state index < -0.39 is 12.0 Å². The number of carbonyl (C=O) groups excluding carboxylic acids is 2. The van der Waals surface area contributed by atoms with E-state index in [9.17, 15) is 9.59 Å². The molecule has 30 heavy (non-hydrogen) atoms. The van der Waals surface area contributed by atoms with Crippen molar-refractivity contribution in [1.82, 2.24) is 14.9 Å². The number of ether oxygens (including phenoxy) is 1. The van der Waals surface area contributed by atoms with Gasteiger partial charge in [0, 0.05) is 34.4 Å². The average molecular weight is 445 g/mol. The predicted molar refractivity (Wildman–Crippen MR) is 114 cm³/mol. The number of hydrogen-bond acceptors (Lipinski definition) is 4. The van der Waals surface area contributed by atoms with Crippen molar-refractivity contribution in [2.45, 2.75) is 12.5 Å². The Labute approximate surface area is 183 Å². The maximum atomic E-state index is 13.2. The fraction of sp³-hybridized carbons (Fsp3) is 0.190. The minimum atomic E-state index is -0.459. The molecule has 154 valence electrons. The van der Waals surface area contributed by atoms with Gasteiger partial charge in [0.2, 0.25) is 0 Å². The number of benzene rings is 2. The molecule has 0 radical (unpaired) electrons. The summed E-state index contributed by atoms with van der Waals surface area (Å²) in [6.07, 6.45) is 2.26. The van der Waals surface area contributed by atoms with Gasteiger partial charge < -0.3 is 19.9 Å². The number of carbonyl (C=O) groups is 2. The van der Waals surface area contributed by atoms with Crippen molar-refractivity contribution < 1.29 is 14.3 Å². The van der Waals surface area contributed by atoms with Gasteiger partial charge in [-0.3, -0.25) is 0 Å². The smallest absolute Gasteiger partial charge is 0.337 e. The minimum absolute atomic E-state index is 0.300. The topological polar surface area (TPSA) is 87.3 Å². The number of nitrogens with one attached hydrogen (secondary N) is 2. The quantitative estimate of drug-likeness (QED) is 0.573. The number of amides is 2. The molecule has 1 atom stereocenters. The van der Waals surface area contributed by atoms with E-state index in [1.807, 2.05) is 6.07 Å². The number of methoxy groups -OCH3 is 1. The Kier molecular flexibility index (Phi) is 5.65. The molecule has 0 fully saturated rings. The standard InChI is InChI=1S/C21H18Cl2N4O3/c1-30-20(28)12-2-5-14(6-3-12)26-21(29)27-9-8-17-18(25-11-24-17)19(27)15-7-4-13(22)10-16(15)23/h2-7,10-11,19H,8-9H2,1H3,(H,24,25)(H,26,29)/t19-/m0/s1. The van der Waals surface area contributed by atoms with Gasteiger partial charge in [0.1, 0.15) is 6.04 Å². The molecule has 2 amide bonds. The monoisotopic (exact) mass is 444 g/mol. The Bertz CT molecular complexity index is 1100. The molecule has 1 aromatic heterocycles. The number of hydrogen-bond donors (Lipinski definition) is 2. The largest absolute Gasteiger partial charge is 0.465 e. The van der Waals surface area contributed by atoms with Crippen LogP contribution in [0.2, 0.25) is 10.0 Å². The number of aromatic nitrogens is 2. The molecule has 0 bridgehead atoms. The number of aromatic amines is 1. The van der Waals surface area contributed by atoms with E-state index in [4.69, 9.17) is 27.9 Å². The van der Waals surface area contributed by atoms with Crippen molar-refractivity contribution >= 4 is 40.9 Å². The molecule has 1 aliphatic rings. The number of esters is 1. The van der Waals surface area contributed by atoms with Crippen LogP contribution in [0.1, 0.15) is 33.4 Å². The summed E-state index contributed by atoms with van der Waals surface area (Å²) < 4.78 is 4.69. The van der Waals surface area contributed by atoms with Crippen LogP contribution in [0.25, 0.3) is 0 Å². The SMILES string of the molecule is COC(=O)c1ccc(NC(=O)N2CCc3[nH]cnc3[C@@H]2c2ccc(Cl)cc2Cl)cc1. The molecule has 0 aliphatic carbocycles. The molecular weight excluding hydrogens is 427 g/mol. The second-order valence-corrected chi connectivity index (χ2v) is 7.62. The molecule has 0 saturated carbocycles. The van der Waals surface area contributed by atoms with Crippen molar-refractivity contribution in [3.05, 3.63) is 81.4 Å². The Balaban J connectivity index is 1.63. The van der Waals surface area contributed by atoms with Crippen molar-refractivity contribution in [2.24, 2.45) is 0 Å². The minimum Gasteiger partial charge on any atom is -0.465 e. The lowest BCUT2D eigenvalue weighted by Gasteiger charge is -2.35. The van der Waals surface area contributed by atoms with Gasteiger partial charge >= 0.3 is 12.0 Å². The number of imidazole rings is 1. The number of halogens is 2. The molecule has 1 aliphatic heterocycles. The first-order chi connectivity index (χ1) is 14.5. The molecular formula is C21H18Cl2N4O3. The highest BCUT2D eigenvalue weighted by Gasteiger charge is 2.35. The van der Waals surface area contributed by atoms with Gasteiger partial charge in [-0.1, -0.05) is 29.3 Å². The van der Waals surface area contributed by atoms with Crippen LogP contribution < -0.4 is 5.32 Å². The van der Waals surface area contributed by atoms with Gasteiger partial charge in [-0.05, 0) is 42.0 Å². The number of H-pyrrole nitrogens is 1.